The maximum Gasteiger partial charge on any atom is 0.214 e. The van der Waals surface area contributed by atoms with E-state index in [0.717, 1.165) is 5.69 Å². The van der Waals surface area contributed by atoms with E-state index in [1.54, 1.807) is 12.1 Å². The van der Waals surface area contributed by atoms with E-state index in [1.165, 1.54) is 10.4 Å². The van der Waals surface area contributed by atoms with Gasteiger partial charge in [-0.25, -0.2) is 12.8 Å². The Morgan fingerprint density at radius 2 is 1.90 bits per heavy atom. The van der Waals surface area contributed by atoms with Crippen LogP contribution in [0.3, 0.4) is 0 Å². The highest BCUT2D eigenvalue weighted by Gasteiger charge is 2.26. The molecule has 0 radical (unpaired) electrons. The van der Waals surface area contributed by atoms with Gasteiger partial charge in [0, 0.05) is 31.9 Å². The Kier molecular flexibility index (Phi) is 4.88. The van der Waals surface area contributed by atoms with Gasteiger partial charge < -0.3 is 4.90 Å². The molecule has 2 rings (SSSR count). The van der Waals surface area contributed by atoms with Gasteiger partial charge >= 0.3 is 0 Å². The minimum atomic E-state index is -3.13. The molecule has 112 valence electrons. The molecule has 0 spiro atoms. The maximum absolute atomic E-state index is 13.1. The van der Waals surface area contributed by atoms with E-state index in [1.807, 2.05) is 11.8 Å². The van der Waals surface area contributed by atoms with Gasteiger partial charge in [0.05, 0.1) is 10.8 Å². The molecule has 0 aliphatic carbocycles. The molecule has 1 aromatic carbocycles. The van der Waals surface area contributed by atoms with Gasteiger partial charge in [-0.2, -0.15) is 4.31 Å². The Morgan fingerprint density at radius 1 is 1.25 bits per heavy atom. The van der Waals surface area contributed by atoms with Crippen molar-refractivity contribution in [1.82, 2.24) is 4.31 Å². The van der Waals surface area contributed by atoms with Gasteiger partial charge in [-0.05, 0) is 24.6 Å². The first-order chi connectivity index (χ1) is 9.44. The molecule has 1 fully saturated rings. The molecule has 1 aromatic rings. The van der Waals surface area contributed by atoms with E-state index >= 15 is 0 Å². The minimum absolute atomic E-state index is 0.0866. The molecular formula is C13H18ClFN2O2S. The number of sulfonamides is 1. The predicted octanol–water partition coefficient (Wildman–Crippen LogP) is 2.34. The summed E-state index contributed by atoms with van der Waals surface area (Å²) in [7, 11) is -3.13. The summed E-state index contributed by atoms with van der Waals surface area (Å²) in [6.07, 6.45) is 0.621. The van der Waals surface area contributed by atoms with Crippen LogP contribution in [0.2, 0.25) is 5.02 Å². The van der Waals surface area contributed by atoms with Crippen molar-refractivity contribution in [3.8, 4) is 0 Å². The molecule has 0 bridgehead atoms. The van der Waals surface area contributed by atoms with Gasteiger partial charge in [0.2, 0.25) is 10.0 Å². The monoisotopic (exact) mass is 320 g/mol. The zero-order valence-corrected chi connectivity index (χ0v) is 12.9. The van der Waals surface area contributed by atoms with Crippen LogP contribution in [-0.4, -0.2) is 44.7 Å². The molecule has 0 N–H and O–H groups in total. The lowest BCUT2D eigenvalue weighted by atomic mass is 10.2. The van der Waals surface area contributed by atoms with Gasteiger partial charge in [0.15, 0.2) is 0 Å². The van der Waals surface area contributed by atoms with Gasteiger partial charge in [0.1, 0.15) is 5.82 Å². The Bertz CT molecular complexity index is 572. The Morgan fingerprint density at radius 3 is 2.45 bits per heavy atom. The van der Waals surface area contributed by atoms with Crippen LogP contribution in [0.5, 0.6) is 0 Å². The maximum atomic E-state index is 13.1. The number of nitrogens with zero attached hydrogens (tertiary/aromatic N) is 2. The molecule has 0 aromatic heterocycles. The number of hydrogen-bond donors (Lipinski definition) is 0. The molecule has 7 heteroatoms. The first-order valence-corrected chi connectivity index (χ1v) is 8.60. The Hall–Kier alpha value is -0.850. The summed E-state index contributed by atoms with van der Waals surface area (Å²) in [5.41, 5.74) is 0.823. The zero-order chi connectivity index (χ0) is 14.8. The SMILES string of the molecule is CCCS(=O)(=O)N1CCN(c2ccc(F)c(Cl)c2)CC1. The summed E-state index contributed by atoms with van der Waals surface area (Å²) < 4.78 is 38.6. The molecule has 1 saturated heterocycles. The molecule has 0 atom stereocenters. The second-order valence-electron chi connectivity index (χ2n) is 4.80. The van der Waals surface area contributed by atoms with Gasteiger partial charge in [-0.1, -0.05) is 18.5 Å². The third kappa shape index (κ3) is 3.42. The van der Waals surface area contributed by atoms with Crippen LogP contribution in [0, 0.1) is 5.82 Å². The van der Waals surface area contributed by atoms with Crippen molar-refractivity contribution < 1.29 is 12.8 Å². The number of benzene rings is 1. The lowest BCUT2D eigenvalue weighted by Gasteiger charge is -2.35. The fourth-order valence-electron chi connectivity index (χ4n) is 2.29. The molecule has 0 unspecified atom stereocenters. The summed E-state index contributed by atoms with van der Waals surface area (Å²) in [6.45, 7) is 3.94. The third-order valence-electron chi connectivity index (χ3n) is 3.36. The van der Waals surface area contributed by atoms with Crippen LogP contribution in [0.25, 0.3) is 0 Å². The van der Waals surface area contributed by atoms with Crippen LogP contribution in [0.15, 0.2) is 18.2 Å². The second-order valence-corrected chi connectivity index (χ2v) is 7.30. The number of halogens is 2. The van der Waals surface area contributed by atoms with Crippen molar-refractivity contribution in [1.29, 1.82) is 0 Å². The van der Waals surface area contributed by atoms with Crippen LogP contribution in [0.4, 0.5) is 10.1 Å². The smallest absolute Gasteiger partial charge is 0.214 e. The van der Waals surface area contributed by atoms with Crippen LogP contribution in [-0.2, 0) is 10.0 Å². The van der Waals surface area contributed by atoms with Crippen molar-refractivity contribution in [2.75, 3.05) is 36.8 Å². The van der Waals surface area contributed by atoms with E-state index in [0.29, 0.717) is 32.6 Å². The average molecular weight is 321 g/mol. The van der Waals surface area contributed by atoms with Gasteiger partial charge in [-0.3, -0.25) is 0 Å². The van der Waals surface area contributed by atoms with Crippen LogP contribution >= 0.6 is 11.6 Å². The lowest BCUT2D eigenvalue weighted by Crippen LogP contribution is -2.49. The third-order valence-corrected chi connectivity index (χ3v) is 5.73. The Balaban J connectivity index is 2.02. The summed E-state index contributed by atoms with van der Waals surface area (Å²) >= 11 is 5.77. The number of rotatable bonds is 4. The van der Waals surface area contributed by atoms with E-state index in [9.17, 15) is 12.8 Å². The standard InChI is InChI=1S/C13H18ClFN2O2S/c1-2-9-20(18,19)17-7-5-16(6-8-17)11-3-4-13(15)12(14)10-11/h3-4,10H,2,5-9H2,1H3. The molecule has 1 aliphatic heterocycles. The molecule has 0 amide bonds. The number of anilines is 1. The van der Waals surface area contributed by atoms with E-state index in [2.05, 4.69) is 0 Å². The molecule has 1 aliphatic rings. The minimum Gasteiger partial charge on any atom is -0.369 e. The Labute approximate surface area is 124 Å². The summed E-state index contributed by atoms with van der Waals surface area (Å²) in [5.74, 6) is -0.255. The lowest BCUT2D eigenvalue weighted by molar-refractivity contribution is 0.384. The van der Waals surface area contributed by atoms with E-state index in [4.69, 9.17) is 11.6 Å². The van der Waals surface area contributed by atoms with Crippen molar-refractivity contribution in [2.24, 2.45) is 0 Å². The fraction of sp³-hybridized carbons (Fsp3) is 0.538. The molecule has 4 nitrogen and oxygen atoms in total. The van der Waals surface area contributed by atoms with Crippen LogP contribution < -0.4 is 4.90 Å². The second kappa shape index (κ2) is 6.28. The normalized spacial score (nSPS) is 17.4. The van der Waals surface area contributed by atoms with E-state index in [-0.39, 0.29) is 10.8 Å². The van der Waals surface area contributed by atoms with Gasteiger partial charge in [-0.15, -0.1) is 0 Å². The predicted molar refractivity (Wildman–Crippen MR) is 79.3 cm³/mol. The molecular weight excluding hydrogens is 303 g/mol. The average Bonchev–Trinajstić information content (AvgIpc) is 2.42. The van der Waals surface area contributed by atoms with Crippen molar-refractivity contribution in [3.05, 3.63) is 29.0 Å². The summed E-state index contributed by atoms with van der Waals surface area (Å²) in [5, 5.41) is 0.0866. The zero-order valence-electron chi connectivity index (χ0n) is 11.3. The van der Waals surface area contributed by atoms with E-state index < -0.39 is 15.8 Å². The molecule has 20 heavy (non-hydrogen) atoms. The number of hydrogen-bond acceptors (Lipinski definition) is 3. The van der Waals surface area contributed by atoms with Crippen molar-refractivity contribution in [3.63, 3.8) is 0 Å². The first kappa shape index (κ1) is 15.5. The molecule has 0 saturated carbocycles. The highest BCUT2D eigenvalue weighted by atomic mass is 35.5. The highest BCUT2D eigenvalue weighted by Crippen LogP contribution is 2.24. The highest BCUT2D eigenvalue weighted by molar-refractivity contribution is 7.89. The van der Waals surface area contributed by atoms with Gasteiger partial charge in [0.25, 0.3) is 0 Å². The topological polar surface area (TPSA) is 40.6 Å². The van der Waals surface area contributed by atoms with Crippen molar-refractivity contribution in [2.45, 2.75) is 13.3 Å². The largest absolute Gasteiger partial charge is 0.369 e. The summed E-state index contributed by atoms with van der Waals surface area (Å²) in [4.78, 5) is 2.02. The quantitative estimate of drug-likeness (QED) is 0.855. The van der Waals surface area contributed by atoms with Crippen LogP contribution in [0.1, 0.15) is 13.3 Å². The molecule has 1 heterocycles. The number of piperazine rings is 1. The fourth-order valence-corrected chi connectivity index (χ4v) is 3.96. The summed E-state index contributed by atoms with van der Waals surface area (Å²) in [6, 6.07) is 4.57. The first-order valence-electron chi connectivity index (χ1n) is 6.62. The van der Waals surface area contributed by atoms with Crippen molar-refractivity contribution >= 4 is 27.3 Å².